The number of hydrogen-bond donors (Lipinski definition) is 0. The molecule has 1 heteroatoms. The molecular weight excluding hydrogens is 164 g/mol. The maximum atomic E-state index is 3.45. The van der Waals surface area contributed by atoms with Gasteiger partial charge >= 0.3 is 0 Å². The lowest BCUT2D eigenvalue weighted by molar-refractivity contribution is 0.958. The van der Waals surface area contributed by atoms with Gasteiger partial charge in [0.05, 0.1) is 0 Å². The average molecular weight is 173 g/mol. The van der Waals surface area contributed by atoms with Gasteiger partial charge in [-0.05, 0) is 19.8 Å². The molecule has 0 heterocycles. The minimum absolute atomic E-state index is 1.21. The van der Waals surface area contributed by atoms with Gasteiger partial charge in [0.1, 0.15) is 0 Å². The maximum Gasteiger partial charge on any atom is 0.0161 e. The van der Waals surface area contributed by atoms with Crippen LogP contribution in [0, 0.1) is 0 Å². The molecule has 0 aromatic rings. The van der Waals surface area contributed by atoms with E-state index in [4.69, 9.17) is 0 Å². The van der Waals surface area contributed by atoms with E-state index in [1.54, 1.807) is 0 Å². The molecule has 44 valence electrons. The lowest BCUT2D eigenvalue weighted by atomic mass is 10.1. The molecule has 0 unspecified atom stereocenters. The van der Waals surface area contributed by atoms with Crippen molar-refractivity contribution in [1.29, 1.82) is 0 Å². The first-order valence-electron chi connectivity index (χ1n) is 2.82. The van der Waals surface area contributed by atoms with Gasteiger partial charge in [-0.25, -0.2) is 0 Å². The van der Waals surface area contributed by atoms with Gasteiger partial charge in [-0.15, -0.1) is 0 Å². The number of rotatable bonds is 0. The Kier molecular flexibility index (Phi) is 1.90. The van der Waals surface area contributed by atoms with Crippen LogP contribution in [0.3, 0.4) is 0 Å². The standard InChI is InChI=1S/C7H9Br/c1-6-4-2-3-5-7(6)8/h3,5H,2,4H2,1H3. The SMILES string of the molecule is CC1=C(Br)C=CCC1. The summed E-state index contributed by atoms with van der Waals surface area (Å²) in [6, 6.07) is 0. The van der Waals surface area contributed by atoms with Gasteiger partial charge in [-0.1, -0.05) is 33.7 Å². The van der Waals surface area contributed by atoms with Gasteiger partial charge in [0.25, 0.3) is 0 Å². The highest BCUT2D eigenvalue weighted by atomic mass is 79.9. The van der Waals surface area contributed by atoms with Gasteiger partial charge in [0.2, 0.25) is 0 Å². The normalized spacial score (nSPS) is 19.8. The van der Waals surface area contributed by atoms with Crippen LogP contribution in [-0.2, 0) is 0 Å². The van der Waals surface area contributed by atoms with E-state index in [0.29, 0.717) is 0 Å². The summed E-state index contributed by atoms with van der Waals surface area (Å²) >= 11 is 3.45. The monoisotopic (exact) mass is 172 g/mol. The van der Waals surface area contributed by atoms with E-state index in [0.717, 1.165) is 0 Å². The average Bonchev–Trinajstić information content (AvgIpc) is 1.77. The lowest BCUT2D eigenvalue weighted by Gasteiger charge is -2.04. The number of allylic oxidation sites excluding steroid dienone is 4. The molecule has 0 aromatic carbocycles. The summed E-state index contributed by atoms with van der Waals surface area (Å²) in [5.74, 6) is 0. The molecule has 0 saturated heterocycles. The second-order valence-electron chi connectivity index (χ2n) is 2.07. The van der Waals surface area contributed by atoms with Crippen LogP contribution in [0.4, 0.5) is 0 Å². The first kappa shape index (κ1) is 6.09. The van der Waals surface area contributed by atoms with Crippen LogP contribution in [0.2, 0.25) is 0 Å². The van der Waals surface area contributed by atoms with Crippen LogP contribution < -0.4 is 0 Å². The Hall–Kier alpha value is -0.0400. The molecule has 0 radical (unpaired) electrons. The fourth-order valence-electron chi connectivity index (χ4n) is 0.748. The first-order valence-corrected chi connectivity index (χ1v) is 3.62. The summed E-state index contributed by atoms with van der Waals surface area (Å²) in [5.41, 5.74) is 1.47. The number of halogens is 1. The van der Waals surface area contributed by atoms with E-state index in [-0.39, 0.29) is 0 Å². The van der Waals surface area contributed by atoms with E-state index in [9.17, 15) is 0 Å². The Labute approximate surface area is 58.4 Å². The van der Waals surface area contributed by atoms with Crippen molar-refractivity contribution in [2.24, 2.45) is 0 Å². The predicted molar refractivity (Wildman–Crippen MR) is 40.0 cm³/mol. The summed E-state index contributed by atoms with van der Waals surface area (Å²) in [6.07, 6.45) is 6.74. The van der Waals surface area contributed by atoms with E-state index in [1.807, 2.05) is 0 Å². The van der Waals surface area contributed by atoms with Gasteiger partial charge in [0, 0.05) is 4.48 Å². The van der Waals surface area contributed by atoms with Gasteiger partial charge in [0.15, 0.2) is 0 Å². The van der Waals surface area contributed by atoms with Gasteiger partial charge in [-0.3, -0.25) is 0 Å². The molecule has 0 N–H and O–H groups in total. The van der Waals surface area contributed by atoms with Crippen LogP contribution in [-0.4, -0.2) is 0 Å². The van der Waals surface area contributed by atoms with Crippen molar-refractivity contribution in [3.8, 4) is 0 Å². The summed E-state index contributed by atoms with van der Waals surface area (Å²) in [5, 5.41) is 0. The fourth-order valence-corrected chi connectivity index (χ4v) is 1.13. The fraction of sp³-hybridized carbons (Fsp3) is 0.429. The Morgan fingerprint density at radius 1 is 1.62 bits per heavy atom. The van der Waals surface area contributed by atoms with Crippen LogP contribution in [0.1, 0.15) is 19.8 Å². The maximum absolute atomic E-state index is 3.45. The zero-order valence-corrected chi connectivity index (χ0v) is 6.53. The smallest absolute Gasteiger partial charge is 0.0161 e. The zero-order chi connectivity index (χ0) is 5.98. The Morgan fingerprint density at radius 2 is 2.38 bits per heavy atom. The third-order valence-corrected chi connectivity index (χ3v) is 2.30. The molecule has 0 fully saturated rings. The third kappa shape index (κ3) is 1.22. The van der Waals surface area contributed by atoms with Gasteiger partial charge < -0.3 is 0 Å². The molecule has 0 amide bonds. The van der Waals surface area contributed by atoms with Crippen molar-refractivity contribution < 1.29 is 0 Å². The van der Waals surface area contributed by atoms with Crippen LogP contribution in [0.15, 0.2) is 22.2 Å². The highest BCUT2D eigenvalue weighted by Crippen LogP contribution is 2.22. The summed E-state index contributed by atoms with van der Waals surface area (Å²) in [6.45, 7) is 2.16. The molecular formula is C7H9Br. The molecule has 0 aromatic heterocycles. The highest BCUT2D eigenvalue weighted by molar-refractivity contribution is 9.11. The van der Waals surface area contributed by atoms with E-state index in [1.165, 1.54) is 22.9 Å². The molecule has 0 aliphatic heterocycles. The largest absolute Gasteiger partial charge is 0.0831 e. The molecule has 1 aliphatic rings. The summed E-state index contributed by atoms with van der Waals surface area (Å²) in [7, 11) is 0. The molecule has 8 heavy (non-hydrogen) atoms. The van der Waals surface area contributed by atoms with E-state index < -0.39 is 0 Å². The van der Waals surface area contributed by atoms with E-state index >= 15 is 0 Å². The van der Waals surface area contributed by atoms with Crippen LogP contribution >= 0.6 is 15.9 Å². The molecule has 0 bridgehead atoms. The third-order valence-electron chi connectivity index (χ3n) is 1.36. The molecule has 0 atom stereocenters. The molecule has 0 nitrogen and oxygen atoms in total. The quantitative estimate of drug-likeness (QED) is 0.528. The molecule has 1 rings (SSSR count). The molecule has 1 aliphatic carbocycles. The Bertz CT molecular complexity index is 142. The lowest BCUT2D eigenvalue weighted by Crippen LogP contribution is -1.83. The predicted octanol–water partition coefficient (Wildman–Crippen LogP) is 3.01. The second kappa shape index (κ2) is 2.49. The minimum atomic E-state index is 1.21. The van der Waals surface area contributed by atoms with Crippen molar-refractivity contribution in [3.05, 3.63) is 22.2 Å². The van der Waals surface area contributed by atoms with Crippen LogP contribution in [0.25, 0.3) is 0 Å². The number of hydrogen-bond acceptors (Lipinski definition) is 0. The van der Waals surface area contributed by atoms with Gasteiger partial charge in [-0.2, -0.15) is 0 Å². The van der Waals surface area contributed by atoms with Crippen molar-refractivity contribution in [1.82, 2.24) is 0 Å². The summed E-state index contributed by atoms with van der Waals surface area (Å²) in [4.78, 5) is 0. The highest BCUT2D eigenvalue weighted by Gasteiger charge is 1.97. The van der Waals surface area contributed by atoms with E-state index in [2.05, 4.69) is 35.0 Å². The zero-order valence-electron chi connectivity index (χ0n) is 4.95. The van der Waals surface area contributed by atoms with Crippen molar-refractivity contribution in [3.63, 3.8) is 0 Å². The van der Waals surface area contributed by atoms with Crippen molar-refractivity contribution >= 4 is 15.9 Å². The van der Waals surface area contributed by atoms with Crippen molar-refractivity contribution in [2.45, 2.75) is 19.8 Å². The summed E-state index contributed by atoms with van der Waals surface area (Å²) < 4.78 is 1.27. The Balaban J connectivity index is 2.76. The first-order chi connectivity index (χ1) is 3.80. The minimum Gasteiger partial charge on any atom is -0.0831 e. The van der Waals surface area contributed by atoms with Crippen LogP contribution in [0.5, 0.6) is 0 Å². The second-order valence-corrected chi connectivity index (χ2v) is 2.92. The van der Waals surface area contributed by atoms with Crippen molar-refractivity contribution in [2.75, 3.05) is 0 Å². The Morgan fingerprint density at radius 3 is 2.75 bits per heavy atom. The molecule has 0 saturated carbocycles. The topological polar surface area (TPSA) is 0 Å². The molecule has 0 spiro atoms.